The fraction of sp³-hybridized carbons (Fsp3) is 0.217. The fourth-order valence-electron chi connectivity index (χ4n) is 3.73. The number of nitrogens with zero attached hydrogens (tertiary/aromatic N) is 4. The molecule has 4 N–H and O–H groups in total. The third kappa shape index (κ3) is 3.51. The van der Waals surface area contributed by atoms with Crippen molar-refractivity contribution in [1.82, 2.24) is 19.1 Å². The van der Waals surface area contributed by atoms with Crippen molar-refractivity contribution in [2.45, 2.75) is 13.8 Å². The third-order valence-electron chi connectivity index (χ3n) is 5.38. The highest BCUT2D eigenvalue weighted by atomic mass is 16.1. The van der Waals surface area contributed by atoms with E-state index in [2.05, 4.69) is 15.3 Å². The Morgan fingerprint density at radius 2 is 2.03 bits per heavy atom. The van der Waals surface area contributed by atoms with Gasteiger partial charge in [0.25, 0.3) is 0 Å². The van der Waals surface area contributed by atoms with E-state index in [9.17, 15) is 4.79 Å². The van der Waals surface area contributed by atoms with Gasteiger partial charge in [-0.25, -0.2) is 4.79 Å². The Morgan fingerprint density at radius 1 is 1.23 bits per heavy atom. The summed E-state index contributed by atoms with van der Waals surface area (Å²) in [5.74, 6) is 0. The zero-order valence-corrected chi connectivity index (χ0v) is 18.1. The molecule has 8 heteroatoms. The summed E-state index contributed by atoms with van der Waals surface area (Å²) in [5.41, 5.74) is 5.82. The van der Waals surface area contributed by atoms with Crippen LogP contribution in [0.5, 0.6) is 0 Å². The number of nitrogens with two attached hydrogens (primary N) is 1. The smallest absolute Gasteiger partial charge is 0.333 e. The van der Waals surface area contributed by atoms with Crippen molar-refractivity contribution in [3.8, 4) is 11.1 Å². The lowest BCUT2D eigenvalue weighted by molar-refractivity contribution is -0.583. The highest BCUT2D eigenvalue weighted by Crippen LogP contribution is 2.30. The van der Waals surface area contributed by atoms with Crippen LogP contribution < -0.4 is 16.3 Å². The van der Waals surface area contributed by atoms with Crippen LogP contribution in [0.4, 0.5) is 5.69 Å². The SMILES string of the molecule is CC[NH2+]C=C(C(C)=N)n1c(=O)n(C)c2cnc3ccc(-c4cncc(NC)c4)cc3c21. The van der Waals surface area contributed by atoms with E-state index in [1.165, 1.54) is 0 Å². The number of nitrogens with one attached hydrogen (secondary N) is 2. The predicted molar refractivity (Wildman–Crippen MR) is 125 cm³/mol. The van der Waals surface area contributed by atoms with Crippen LogP contribution in [0.1, 0.15) is 13.8 Å². The van der Waals surface area contributed by atoms with Crippen LogP contribution in [0.3, 0.4) is 0 Å². The van der Waals surface area contributed by atoms with Crippen molar-refractivity contribution >= 4 is 39.0 Å². The first-order chi connectivity index (χ1) is 15.0. The van der Waals surface area contributed by atoms with E-state index in [0.29, 0.717) is 11.4 Å². The second kappa shape index (κ2) is 8.16. The summed E-state index contributed by atoms with van der Waals surface area (Å²) >= 11 is 0. The number of hydrogen-bond acceptors (Lipinski definition) is 5. The maximum absolute atomic E-state index is 13.2. The van der Waals surface area contributed by atoms with Crippen LogP contribution in [0.15, 0.2) is 53.9 Å². The lowest BCUT2D eigenvalue weighted by Crippen LogP contribution is -2.77. The Balaban J connectivity index is 2.07. The molecule has 0 aliphatic heterocycles. The Kier molecular flexibility index (Phi) is 5.39. The number of anilines is 1. The van der Waals surface area contributed by atoms with Crippen molar-refractivity contribution in [3.63, 3.8) is 0 Å². The molecule has 4 rings (SSSR count). The number of hydrogen-bond donors (Lipinski definition) is 3. The average Bonchev–Trinajstić information content (AvgIpc) is 3.04. The van der Waals surface area contributed by atoms with Gasteiger partial charge in [0, 0.05) is 37.4 Å². The molecule has 0 saturated carbocycles. The highest BCUT2D eigenvalue weighted by molar-refractivity contribution is 6.18. The minimum absolute atomic E-state index is 0.198. The number of benzene rings is 1. The average molecular weight is 417 g/mol. The molecule has 0 unspecified atom stereocenters. The molecule has 3 aromatic heterocycles. The standard InChI is InChI=1S/C23H25N7O/c1-5-26-12-20(14(2)24)30-22-18-9-15(16-8-17(25-3)11-27-10-16)6-7-19(18)28-13-21(22)29(4)23(30)31/h6-13,24-26H,5H2,1-4H3/p+1. The second-order valence-corrected chi connectivity index (χ2v) is 7.43. The minimum atomic E-state index is -0.198. The van der Waals surface area contributed by atoms with Crippen molar-refractivity contribution < 1.29 is 5.32 Å². The number of aryl methyl sites for hydroxylation is 1. The van der Waals surface area contributed by atoms with Gasteiger partial charge < -0.3 is 16.0 Å². The molecule has 4 aromatic rings. The topological polar surface area (TPSA) is 105 Å². The first-order valence-corrected chi connectivity index (χ1v) is 10.2. The summed E-state index contributed by atoms with van der Waals surface area (Å²) in [6.45, 7) is 4.54. The zero-order chi connectivity index (χ0) is 22.1. The van der Waals surface area contributed by atoms with Gasteiger partial charge in [0.15, 0.2) is 0 Å². The Labute approximate surface area is 179 Å². The van der Waals surface area contributed by atoms with Gasteiger partial charge in [0.1, 0.15) is 11.9 Å². The Bertz CT molecular complexity index is 1390. The van der Waals surface area contributed by atoms with Crippen molar-refractivity contribution in [2.75, 3.05) is 18.9 Å². The van der Waals surface area contributed by atoms with Gasteiger partial charge in [0.2, 0.25) is 0 Å². The van der Waals surface area contributed by atoms with Gasteiger partial charge in [-0.1, -0.05) is 6.07 Å². The summed E-state index contributed by atoms with van der Waals surface area (Å²) in [7, 11) is 3.59. The van der Waals surface area contributed by atoms with Gasteiger partial charge in [-0.3, -0.25) is 19.1 Å². The lowest BCUT2D eigenvalue weighted by atomic mass is 10.0. The quantitative estimate of drug-likeness (QED) is 0.420. The van der Waals surface area contributed by atoms with E-state index in [1.54, 1.807) is 35.5 Å². The molecule has 31 heavy (non-hydrogen) atoms. The predicted octanol–water partition coefficient (Wildman–Crippen LogP) is 2.41. The van der Waals surface area contributed by atoms with Crippen molar-refractivity contribution in [1.29, 1.82) is 5.41 Å². The van der Waals surface area contributed by atoms with Crippen LogP contribution >= 0.6 is 0 Å². The van der Waals surface area contributed by atoms with Crippen LogP contribution in [-0.4, -0.2) is 38.4 Å². The number of rotatable bonds is 6. The molecular formula is C23H26N7O+. The molecule has 1 aromatic carbocycles. The molecule has 0 spiro atoms. The van der Waals surface area contributed by atoms with Crippen molar-refractivity contribution in [2.24, 2.45) is 7.05 Å². The van der Waals surface area contributed by atoms with Crippen LogP contribution in [0, 0.1) is 5.41 Å². The Morgan fingerprint density at radius 3 is 2.74 bits per heavy atom. The molecule has 3 heterocycles. The number of quaternary nitrogens is 1. The van der Waals surface area contributed by atoms with E-state index in [1.807, 2.05) is 56.0 Å². The summed E-state index contributed by atoms with van der Waals surface area (Å²) in [4.78, 5) is 22.1. The molecule has 0 aliphatic rings. The lowest BCUT2D eigenvalue weighted by Gasteiger charge is -2.10. The van der Waals surface area contributed by atoms with Gasteiger partial charge in [-0.2, -0.15) is 0 Å². The summed E-state index contributed by atoms with van der Waals surface area (Å²) < 4.78 is 3.21. The Hall–Kier alpha value is -3.78. The highest BCUT2D eigenvalue weighted by Gasteiger charge is 2.20. The first kappa shape index (κ1) is 20.5. The van der Waals surface area contributed by atoms with Crippen molar-refractivity contribution in [3.05, 3.63) is 59.5 Å². The minimum Gasteiger partial charge on any atom is -0.387 e. The number of aromatic nitrogens is 4. The van der Waals surface area contributed by atoms with E-state index in [4.69, 9.17) is 5.41 Å². The summed E-state index contributed by atoms with van der Waals surface area (Å²) in [6, 6.07) is 8.03. The maximum Gasteiger partial charge on any atom is 0.333 e. The van der Waals surface area contributed by atoms with Gasteiger partial charge in [-0.05, 0) is 37.6 Å². The zero-order valence-electron chi connectivity index (χ0n) is 18.1. The third-order valence-corrected chi connectivity index (χ3v) is 5.38. The monoisotopic (exact) mass is 416 g/mol. The van der Waals surface area contributed by atoms with E-state index in [0.717, 1.165) is 45.3 Å². The molecule has 0 atom stereocenters. The largest absolute Gasteiger partial charge is 0.387 e. The molecule has 0 bridgehead atoms. The molecule has 0 radical (unpaired) electrons. The van der Waals surface area contributed by atoms with E-state index in [-0.39, 0.29) is 5.69 Å². The molecule has 0 saturated heterocycles. The normalized spacial score (nSPS) is 11.9. The summed E-state index contributed by atoms with van der Waals surface area (Å²) in [5, 5.41) is 14.2. The number of imidazole rings is 1. The molecule has 8 nitrogen and oxygen atoms in total. The van der Waals surface area contributed by atoms with E-state index < -0.39 is 0 Å². The van der Waals surface area contributed by atoms with Crippen LogP contribution in [0.25, 0.3) is 38.8 Å². The molecule has 0 amide bonds. The summed E-state index contributed by atoms with van der Waals surface area (Å²) in [6.07, 6.45) is 7.16. The molecular weight excluding hydrogens is 390 g/mol. The molecule has 0 aliphatic carbocycles. The fourth-order valence-corrected chi connectivity index (χ4v) is 3.73. The van der Waals surface area contributed by atoms with Crippen LogP contribution in [-0.2, 0) is 7.05 Å². The molecule has 158 valence electrons. The first-order valence-electron chi connectivity index (χ1n) is 10.2. The molecule has 0 fully saturated rings. The maximum atomic E-state index is 13.2. The number of fused-ring (bicyclic) bond motifs is 3. The second-order valence-electron chi connectivity index (χ2n) is 7.43. The van der Waals surface area contributed by atoms with Gasteiger partial charge in [0.05, 0.1) is 40.7 Å². The van der Waals surface area contributed by atoms with Gasteiger partial charge >= 0.3 is 5.69 Å². The number of pyridine rings is 2. The number of allylic oxidation sites excluding steroid dienone is 1. The van der Waals surface area contributed by atoms with E-state index >= 15 is 0 Å². The van der Waals surface area contributed by atoms with Gasteiger partial charge in [-0.15, -0.1) is 0 Å². The van der Waals surface area contributed by atoms with Crippen LogP contribution in [0.2, 0.25) is 0 Å².